The van der Waals surface area contributed by atoms with Crippen molar-refractivity contribution in [3.63, 3.8) is 0 Å². The fourth-order valence-corrected chi connectivity index (χ4v) is 1.27. The van der Waals surface area contributed by atoms with Gasteiger partial charge in [-0.05, 0) is 22.0 Å². The van der Waals surface area contributed by atoms with E-state index in [1.807, 2.05) is 0 Å². The number of nitrogens with zero attached hydrogens (tertiary/aromatic N) is 2. The van der Waals surface area contributed by atoms with Crippen LogP contribution in [0.2, 0.25) is 0 Å². The number of nitrogen functional groups attached to an aromatic ring is 1. The van der Waals surface area contributed by atoms with Crippen molar-refractivity contribution < 1.29 is 4.79 Å². The molecule has 0 saturated heterocycles. The van der Waals surface area contributed by atoms with E-state index in [0.717, 1.165) is 4.47 Å². The molecule has 0 bridgehead atoms. The van der Waals surface area contributed by atoms with Crippen molar-refractivity contribution in [2.24, 2.45) is 0 Å². The number of nitrogens with one attached hydrogen (secondary N) is 1. The maximum atomic E-state index is 11.3. The second-order valence-corrected chi connectivity index (χ2v) is 4.15. The van der Waals surface area contributed by atoms with Crippen LogP contribution in [-0.4, -0.2) is 36.4 Å². The van der Waals surface area contributed by atoms with Gasteiger partial charge < -0.3 is 16.0 Å². The summed E-state index contributed by atoms with van der Waals surface area (Å²) in [6, 6.07) is 1.73. The van der Waals surface area contributed by atoms with Crippen molar-refractivity contribution in [2.75, 3.05) is 31.7 Å². The van der Waals surface area contributed by atoms with Crippen LogP contribution in [0.4, 0.5) is 11.5 Å². The van der Waals surface area contributed by atoms with Gasteiger partial charge in [-0.2, -0.15) is 0 Å². The van der Waals surface area contributed by atoms with Gasteiger partial charge in [-0.15, -0.1) is 0 Å². The van der Waals surface area contributed by atoms with Gasteiger partial charge in [0.25, 0.3) is 0 Å². The van der Waals surface area contributed by atoms with Crippen LogP contribution in [0.5, 0.6) is 0 Å². The number of carbonyl (C=O) groups is 1. The van der Waals surface area contributed by atoms with E-state index < -0.39 is 0 Å². The number of hydrogen-bond acceptors (Lipinski definition) is 4. The van der Waals surface area contributed by atoms with Crippen LogP contribution in [0.25, 0.3) is 0 Å². The third-order valence-corrected chi connectivity index (χ3v) is 2.22. The molecule has 0 aliphatic rings. The van der Waals surface area contributed by atoms with Crippen LogP contribution < -0.4 is 11.1 Å². The Morgan fingerprint density at radius 2 is 2.33 bits per heavy atom. The summed E-state index contributed by atoms with van der Waals surface area (Å²) in [5, 5.41) is 2.87. The van der Waals surface area contributed by atoms with Crippen molar-refractivity contribution in [3.8, 4) is 0 Å². The summed E-state index contributed by atoms with van der Waals surface area (Å²) < 4.78 is 0.810. The molecule has 1 aromatic heterocycles. The molecule has 3 N–H and O–H groups in total. The molecule has 0 unspecified atom stereocenters. The largest absolute Gasteiger partial charge is 0.396 e. The lowest BCUT2D eigenvalue weighted by Gasteiger charge is -2.12. The maximum Gasteiger partial charge on any atom is 0.241 e. The quantitative estimate of drug-likeness (QED) is 0.859. The Morgan fingerprint density at radius 3 is 2.87 bits per heavy atom. The second kappa shape index (κ2) is 4.97. The summed E-state index contributed by atoms with van der Waals surface area (Å²) in [5.41, 5.74) is 6.21. The fourth-order valence-electron chi connectivity index (χ4n) is 0.920. The van der Waals surface area contributed by atoms with E-state index in [-0.39, 0.29) is 12.5 Å². The zero-order valence-electron chi connectivity index (χ0n) is 8.62. The van der Waals surface area contributed by atoms with Gasteiger partial charge in [0.05, 0.1) is 12.2 Å². The van der Waals surface area contributed by atoms with Crippen LogP contribution in [0, 0.1) is 0 Å². The molecular weight excluding hydrogens is 260 g/mol. The number of pyridine rings is 1. The summed E-state index contributed by atoms with van der Waals surface area (Å²) in [5.74, 6) is 0.493. The van der Waals surface area contributed by atoms with E-state index in [4.69, 9.17) is 5.73 Å². The molecule has 5 nitrogen and oxygen atoms in total. The van der Waals surface area contributed by atoms with Gasteiger partial charge in [0.15, 0.2) is 0 Å². The SMILES string of the molecule is CN(C)C(=O)CNc1ncc(Br)cc1N. The van der Waals surface area contributed by atoms with Gasteiger partial charge in [-0.3, -0.25) is 4.79 Å². The second-order valence-electron chi connectivity index (χ2n) is 3.23. The van der Waals surface area contributed by atoms with Crippen molar-refractivity contribution in [2.45, 2.75) is 0 Å². The highest BCUT2D eigenvalue weighted by atomic mass is 79.9. The van der Waals surface area contributed by atoms with Gasteiger partial charge in [0.2, 0.25) is 5.91 Å². The minimum Gasteiger partial charge on any atom is -0.396 e. The first-order valence-corrected chi connectivity index (χ1v) is 5.15. The lowest BCUT2D eigenvalue weighted by Crippen LogP contribution is -2.29. The van der Waals surface area contributed by atoms with Crippen LogP contribution in [0.15, 0.2) is 16.7 Å². The predicted molar refractivity (Wildman–Crippen MR) is 63.5 cm³/mol. The molecule has 6 heteroatoms. The molecule has 0 aliphatic carbocycles. The van der Waals surface area contributed by atoms with Gasteiger partial charge >= 0.3 is 0 Å². The van der Waals surface area contributed by atoms with Crippen LogP contribution in [0.1, 0.15) is 0 Å². The fraction of sp³-hybridized carbons (Fsp3) is 0.333. The molecule has 0 saturated carbocycles. The number of hydrogen-bond donors (Lipinski definition) is 2. The number of aromatic nitrogens is 1. The molecule has 0 fully saturated rings. The van der Waals surface area contributed by atoms with E-state index in [0.29, 0.717) is 11.5 Å². The normalized spacial score (nSPS) is 9.80. The molecule has 1 aromatic rings. The molecule has 0 atom stereocenters. The molecular formula is C9H13BrN4O. The topological polar surface area (TPSA) is 71.2 Å². The average Bonchev–Trinajstić information content (AvgIpc) is 2.15. The van der Waals surface area contributed by atoms with Crippen LogP contribution in [0.3, 0.4) is 0 Å². The Balaban J connectivity index is 2.62. The van der Waals surface area contributed by atoms with E-state index in [2.05, 4.69) is 26.2 Å². The molecule has 1 amide bonds. The number of likely N-dealkylation sites (N-methyl/N-ethyl adjacent to an activating group) is 1. The van der Waals surface area contributed by atoms with Gasteiger partial charge in [0, 0.05) is 24.8 Å². The highest BCUT2D eigenvalue weighted by Crippen LogP contribution is 2.19. The highest BCUT2D eigenvalue weighted by Gasteiger charge is 2.06. The van der Waals surface area contributed by atoms with Crippen LogP contribution in [-0.2, 0) is 4.79 Å². The summed E-state index contributed by atoms with van der Waals surface area (Å²) in [4.78, 5) is 16.8. The Hall–Kier alpha value is -1.30. The Morgan fingerprint density at radius 1 is 1.67 bits per heavy atom. The lowest BCUT2D eigenvalue weighted by atomic mass is 10.4. The molecule has 82 valence electrons. The Bertz CT molecular complexity index is 367. The first-order valence-electron chi connectivity index (χ1n) is 4.35. The van der Waals surface area contributed by atoms with Gasteiger partial charge in [-0.1, -0.05) is 0 Å². The molecule has 15 heavy (non-hydrogen) atoms. The number of halogens is 1. The molecule has 0 aromatic carbocycles. The number of amides is 1. The van der Waals surface area contributed by atoms with E-state index in [9.17, 15) is 4.79 Å². The first kappa shape index (κ1) is 11.8. The molecule has 0 aliphatic heterocycles. The molecule has 0 spiro atoms. The lowest BCUT2D eigenvalue weighted by molar-refractivity contribution is -0.126. The van der Waals surface area contributed by atoms with E-state index >= 15 is 0 Å². The zero-order valence-corrected chi connectivity index (χ0v) is 10.2. The van der Waals surface area contributed by atoms with Gasteiger partial charge in [-0.25, -0.2) is 4.98 Å². The minimum atomic E-state index is -0.0286. The molecule has 1 rings (SSSR count). The monoisotopic (exact) mass is 272 g/mol. The Kier molecular flexibility index (Phi) is 3.90. The standard InChI is InChI=1S/C9H13BrN4O/c1-14(2)8(15)5-13-9-7(11)3-6(10)4-12-9/h3-4H,5,11H2,1-2H3,(H,12,13). The molecule has 0 radical (unpaired) electrons. The van der Waals surface area contributed by atoms with Crippen molar-refractivity contribution in [1.82, 2.24) is 9.88 Å². The zero-order chi connectivity index (χ0) is 11.4. The number of nitrogens with two attached hydrogens (primary N) is 1. The van der Waals surface area contributed by atoms with Crippen molar-refractivity contribution >= 4 is 33.3 Å². The maximum absolute atomic E-state index is 11.3. The summed E-state index contributed by atoms with van der Waals surface area (Å²) in [7, 11) is 3.39. The highest BCUT2D eigenvalue weighted by molar-refractivity contribution is 9.10. The predicted octanol–water partition coefficient (Wildman–Crippen LogP) is 0.926. The smallest absolute Gasteiger partial charge is 0.241 e. The summed E-state index contributed by atoms with van der Waals surface area (Å²) in [6.07, 6.45) is 1.62. The number of anilines is 2. The number of rotatable bonds is 3. The van der Waals surface area contributed by atoms with Gasteiger partial charge in [0.1, 0.15) is 5.82 Å². The van der Waals surface area contributed by atoms with E-state index in [1.165, 1.54) is 4.90 Å². The summed E-state index contributed by atoms with van der Waals surface area (Å²) in [6.45, 7) is 0.186. The minimum absolute atomic E-state index is 0.0286. The Labute approximate surface area is 96.8 Å². The third kappa shape index (κ3) is 3.39. The third-order valence-electron chi connectivity index (χ3n) is 1.79. The average molecular weight is 273 g/mol. The number of carbonyl (C=O) groups excluding carboxylic acids is 1. The van der Waals surface area contributed by atoms with E-state index in [1.54, 1.807) is 26.4 Å². The van der Waals surface area contributed by atoms with Crippen molar-refractivity contribution in [3.05, 3.63) is 16.7 Å². The first-order chi connectivity index (χ1) is 7.00. The van der Waals surface area contributed by atoms with Crippen molar-refractivity contribution in [1.29, 1.82) is 0 Å². The summed E-state index contributed by atoms with van der Waals surface area (Å²) >= 11 is 3.25. The van der Waals surface area contributed by atoms with Crippen LogP contribution >= 0.6 is 15.9 Å². The molecule has 1 heterocycles.